The second-order valence-electron chi connectivity index (χ2n) is 5.13. The Morgan fingerprint density at radius 3 is 2.24 bits per heavy atom. The zero-order chi connectivity index (χ0) is 14.2. The van der Waals surface area contributed by atoms with E-state index in [1.165, 1.54) is 0 Å². The van der Waals surface area contributed by atoms with Gasteiger partial charge in [-0.1, -0.05) is 54.6 Å². The van der Waals surface area contributed by atoms with Gasteiger partial charge < -0.3 is 4.98 Å². The fourth-order valence-electron chi connectivity index (χ4n) is 2.79. The van der Waals surface area contributed by atoms with E-state index in [0.717, 1.165) is 32.8 Å². The minimum absolute atomic E-state index is 0.0386. The van der Waals surface area contributed by atoms with Crippen molar-refractivity contribution in [3.63, 3.8) is 0 Å². The lowest BCUT2D eigenvalue weighted by molar-refractivity contribution is 1.34. The average Bonchev–Trinajstić information content (AvgIpc) is 2.55. The average molecular weight is 271 g/mol. The Kier molecular flexibility index (Phi) is 2.61. The summed E-state index contributed by atoms with van der Waals surface area (Å²) < 4.78 is 0. The predicted octanol–water partition coefficient (Wildman–Crippen LogP) is 4.35. The number of para-hydroxylation sites is 1. The van der Waals surface area contributed by atoms with E-state index in [0.29, 0.717) is 0 Å². The number of rotatable bonds is 1. The molecule has 4 rings (SSSR count). The molecule has 0 radical (unpaired) electrons. The van der Waals surface area contributed by atoms with Gasteiger partial charge in [0, 0.05) is 16.3 Å². The number of H-pyrrole nitrogens is 1. The molecule has 2 heteroatoms. The number of hydrogen-bond donors (Lipinski definition) is 1. The highest BCUT2D eigenvalue weighted by molar-refractivity contribution is 6.06. The van der Waals surface area contributed by atoms with Crippen LogP contribution in [0.4, 0.5) is 0 Å². The third-order valence-corrected chi connectivity index (χ3v) is 3.84. The molecule has 100 valence electrons. The molecule has 0 aliphatic rings. The SMILES string of the molecule is O=c1[nH]c2ccccc2c2cc(-c3ccccc3)ccc12. The largest absolute Gasteiger partial charge is 0.321 e. The van der Waals surface area contributed by atoms with Crippen LogP contribution in [-0.2, 0) is 0 Å². The Hall–Kier alpha value is -2.87. The van der Waals surface area contributed by atoms with E-state index in [1.807, 2.05) is 54.6 Å². The van der Waals surface area contributed by atoms with Crippen molar-refractivity contribution in [1.82, 2.24) is 4.98 Å². The van der Waals surface area contributed by atoms with Crippen molar-refractivity contribution in [2.24, 2.45) is 0 Å². The summed E-state index contributed by atoms with van der Waals surface area (Å²) in [6.07, 6.45) is 0. The van der Waals surface area contributed by atoms with E-state index in [9.17, 15) is 4.79 Å². The summed E-state index contributed by atoms with van der Waals surface area (Å²) in [6.45, 7) is 0. The lowest BCUT2D eigenvalue weighted by Gasteiger charge is -2.07. The first kappa shape index (κ1) is 11.9. The predicted molar refractivity (Wildman–Crippen MR) is 87.5 cm³/mol. The number of fused-ring (bicyclic) bond motifs is 3. The molecule has 2 nitrogen and oxygen atoms in total. The molecule has 0 bridgehead atoms. The maximum Gasteiger partial charge on any atom is 0.256 e. The van der Waals surface area contributed by atoms with Crippen molar-refractivity contribution in [2.75, 3.05) is 0 Å². The normalized spacial score (nSPS) is 11.0. The minimum Gasteiger partial charge on any atom is -0.321 e. The molecule has 0 unspecified atom stereocenters. The van der Waals surface area contributed by atoms with E-state index < -0.39 is 0 Å². The summed E-state index contributed by atoms with van der Waals surface area (Å²) in [5, 5.41) is 2.80. The third-order valence-electron chi connectivity index (χ3n) is 3.84. The first-order valence-corrected chi connectivity index (χ1v) is 6.93. The Balaban J connectivity index is 2.11. The highest BCUT2D eigenvalue weighted by Gasteiger charge is 2.06. The zero-order valence-electron chi connectivity index (χ0n) is 11.3. The topological polar surface area (TPSA) is 32.9 Å². The second-order valence-corrected chi connectivity index (χ2v) is 5.13. The summed E-state index contributed by atoms with van der Waals surface area (Å²) in [4.78, 5) is 15.1. The highest BCUT2D eigenvalue weighted by Crippen LogP contribution is 2.27. The first-order valence-electron chi connectivity index (χ1n) is 6.93. The number of hydrogen-bond acceptors (Lipinski definition) is 1. The van der Waals surface area contributed by atoms with Gasteiger partial charge in [0.1, 0.15) is 0 Å². The fraction of sp³-hybridized carbons (Fsp3) is 0. The molecular weight excluding hydrogens is 258 g/mol. The summed E-state index contributed by atoms with van der Waals surface area (Å²) in [5.41, 5.74) is 3.12. The van der Waals surface area contributed by atoms with Crippen molar-refractivity contribution in [1.29, 1.82) is 0 Å². The van der Waals surface area contributed by atoms with Gasteiger partial charge in [-0.2, -0.15) is 0 Å². The van der Waals surface area contributed by atoms with Crippen LogP contribution >= 0.6 is 0 Å². The Bertz CT molecular complexity index is 1000. The molecule has 0 saturated heterocycles. The number of aromatic nitrogens is 1. The van der Waals surface area contributed by atoms with E-state index in [4.69, 9.17) is 0 Å². The van der Waals surface area contributed by atoms with Gasteiger partial charge >= 0.3 is 0 Å². The van der Waals surface area contributed by atoms with Gasteiger partial charge in [0.15, 0.2) is 0 Å². The van der Waals surface area contributed by atoms with Crippen LogP contribution in [0.15, 0.2) is 77.6 Å². The molecule has 0 aliphatic carbocycles. The lowest BCUT2D eigenvalue weighted by Crippen LogP contribution is -2.06. The van der Waals surface area contributed by atoms with Crippen LogP contribution in [0, 0.1) is 0 Å². The number of aromatic amines is 1. The zero-order valence-corrected chi connectivity index (χ0v) is 11.3. The summed E-state index contributed by atoms with van der Waals surface area (Å²) in [6, 6.07) is 24.1. The second kappa shape index (κ2) is 4.60. The molecule has 3 aromatic carbocycles. The van der Waals surface area contributed by atoms with Crippen LogP contribution in [0.1, 0.15) is 0 Å². The fourth-order valence-corrected chi connectivity index (χ4v) is 2.79. The van der Waals surface area contributed by atoms with Crippen LogP contribution < -0.4 is 5.56 Å². The Morgan fingerprint density at radius 1 is 0.619 bits per heavy atom. The van der Waals surface area contributed by atoms with Crippen LogP contribution in [0.5, 0.6) is 0 Å². The first-order chi connectivity index (χ1) is 10.3. The molecule has 0 spiro atoms. The van der Waals surface area contributed by atoms with Crippen LogP contribution in [0.2, 0.25) is 0 Å². The lowest BCUT2D eigenvalue weighted by atomic mass is 9.99. The van der Waals surface area contributed by atoms with Crippen molar-refractivity contribution in [3.8, 4) is 11.1 Å². The van der Waals surface area contributed by atoms with Gasteiger partial charge in [-0.05, 0) is 34.7 Å². The van der Waals surface area contributed by atoms with E-state index >= 15 is 0 Å². The van der Waals surface area contributed by atoms with Gasteiger partial charge in [-0.25, -0.2) is 0 Å². The van der Waals surface area contributed by atoms with Crippen molar-refractivity contribution in [2.45, 2.75) is 0 Å². The van der Waals surface area contributed by atoms with E-state index in [2.05, 4.69) is 23.2 Å². The Morgan fingerprint density at radius 2 is 1.38 bits per heavy atom. The maximum atomic E-state index is 12.2. The molecular formula is C19H13NO. The minimum atomic E-state index is -0.0386. The van der Waals surface area contributed by atoms with Gasteiger partial charge in [-0.15, -0.1) is 0 Å². The van der Waals surface area contributed by atoms with Gasteiger partial charge in [0.25, 0.3) is 5.56 Å². The molecule has 1 aromatic heterocycles. The molecule has 0 fully saturated rings. The smallest absolute Gasteiger partial charge is 0.256 e. The standard InChI is InChI=1S/C19H13NO/c21-19-16-11-10-14(13-6-2-1-3-7-13)12-17(16)15-8-4-5-9-18(15)20-19/h1-12H,(H,20,21). The third kappa shape index (κ3) is 1.93. The summed E-state index contributed by atoms with van der Waals surface area (Å²) in [7, 11) is 0. The molecule has 0 saturated carbocycles. The molecule has 1 N–H and O–H groups in total. The summed E-state index contributed by atoms with van der Waals surface area (Å²) >= 11 is 0. The highest BCUT2D eigenvalue weighted by atomic mass is 16.1. The number of nitrogens with one attached hydrogen (secondary N) is 1. The van der Waals surface area contributed by atoms with Gasteiger partial charge in [0.2, 0.25) is 0 Å². The monoisotopic (exact) mass is 271 g/mol. The van der Waals surface area contributed by atoms with E-state index in [-0.39, 0.29) is 5.56 Å². The molecule has 0 atom stereocenters. The quantitative estimate of drug-likeness (QED) is 0.513. The van der Waals surface area contributed by atoms with Crippen LogP contribution in [-0.4, -0.2) is 4.98 Å². The summed E-state index contributed by atoms with van der Waals surface area (Å²) in [5.74, 6) is 0. The van der Waals surface area contributed by atoms with E-state index in [1.54, 1.807) is 0 Å². The number of pyridine rings is 1. The van der Waals surface area contributed by atoms with Crippen molar-refractivity contribution < 1.29 is 0 Å². The maximum absolute atomic E-state index is 12.2. The number of benzene rings is 3. The van der Waals surface area contributed by atoms with Crippen molar-refractivity contribution >= 4 is 21.7 Å². The molecule has 21 heavy (non-hydrogen) atoms. The van der Waals surface area contributed by atoms with Crippen molar-refractivity contribution in [3.05, 3.63) is 83.2 Å². The molecule has 4 aromatic rings. The molecule has 1 heterocycles. The van der Waals surface area contributed by atoms with Crippen LogP contribution in [0.3, 0.4) is 0 Å². The van der Waals surface area contributed by atoms with Gasteiger partial charge in [-0.3, -0.25) is 4.79 Å². The Labute approximate surface area is 121 Å². The van der Waals surface area contributed by atoms with Gasteiger partial charge in [0.05, 0.1) is 0 Å². The molecule has 0 aliphatic heterocycles. The van der Waals surface area contributed by atoms with Crippen LogP contribution in [0.25, 0.3) is 32.8 Å². The molecule has 0 amide bonds.